The number of carbonyl (C=O) groups is 1. The predicted octanol–water partition coefficient (Wildman–Crippen LogP) is 0.497. The van der Waals surface area contributed by atoms with Gasteiger partial charge in [0.15, 0.2) is 0 Å². The molecule has 0 unspecified atom stereocenters. The van der Waals surface area contributed by atoms with E-state index >= 15 is 0 Å². The maximum Gasteiger partial charge on any atom is 0.325 e. The molecule has 0 aliphatic carbocycles. The maximum absolute atomic E-state index is 12.8. The standard InChI is InChI=1S/C17H21N5O3/c1-21(2)10-12-8-11(5-6-18-12)14-4-3-7-22(14)16(24)13-9-19-17(25)20-15(13)23/h5-6,8-9,14H,3-4,7,10H2,1-2H3,(H2,19,20,23,25)/t14-/m1/s1. The lowest BCUT2D eigenvalue weighted by molar-refractivity contribution is 0.0733. The minimum absolute atomic E-state index is 0.0472. The van der Waals surface area contributed by atoms with Crippen LogP contribution in [0.5, 0.6) is 0 Å². The summed E-state index contributed by atoms with van der Waals surface area (Å²) in [4.78, 5) is 48.4. The molecule has 3 rings (SSSR count). The molecule has 0 bridgehead atoms. The molecule has 2 aromatic rings. The molecule has 1 aliphatic rings. The average Bonchev–Trinajstić information content (AvgIpc) is 3.03. The first-order valence-electron chi connectivity index (χ1n) is 8.18. The molecule has 1 fully saturated rings. The van der Waals surface area contributed by atoms with Gasteiger partial charge >= 0.3 is 5.69 Å². The maximum atomic E-state index is 12.8. The van der Waals surface area contributed by atoms with E-state index in [0.717, 1.165) is 24.1 Å². The lowest BCUT2D eigenvalue weighted by Gasteiger charge is -2.25. The molecule has 2 N–H and O–H groups in total. The van der Waals surface area contributed by atoms with Crippen LogP contribution < -0.4 is 11.2 Å². The van der Waals surface area contributed by atoms with Crippen LogP contribution in [0.15, 0.2) is 34.1 Å². The Morgan fingerprint density at radius 1 is 1.40 bits per heavy atom. The number of amides is 1. The molecule has 25 heavy (non-hydrogen) atoms. The van der Waals surface area contributed by atoms with Gasteiger partial charge in [-0.05, 0) is 44.6 Å². The number of H-pyrrole nitrogens is 2. The van der Waals surface area contributed by atoms with Crippen molar-refractivity contribution in [3.63, 3.8) is 0 Å². The van der Waals surface area contributed by atoms with E-state index in [0.29, 0.717) is 13.1 Å². The van der Waals surface area contributed by atoms with E-state index in [1.54, 1.807) is 11.1 Å². The highest BCUT2D eigenvalue weighted by atomic mass is 16.2. The molecule has 0 radical (unpaired) electrons. The van der Waals surface area contributed by atoms with Crippen LogP contribution in [0.3, 0.4) is 0 Å². The molecule has 0 aromatic carbocycles. The van der Waals surface area contributed by atoms with Crippen LogP contribution >= 0.6 is 0 Å². The van der Waals surface area contributed by atoms with Crippen LogP contribution in [0.2, 0.25) is 0 Å². The van der Waals surface area contributed by atoms with Gasteiger partial charge in [-0.15, -0.1) is 0 Å². The number of hydrogen-bond acceptors (Lipinski definition) is 5. The fraction of sp³-hybridized carbons (Fsp3) is 0.412. The van der Waals surface area contributed by atoms with Crippen LogP contribution in [-0.2, 0) is 6.54 Å². The molecule has 3 heterocycles. The Hall–Kier alpha value is -2.74. The quantitative estimate of drug-likeness (QED) is 0.841. The van der Waals surface area contributed by atoms with E-state index in [2.05, 4.69) is 15.0 Å². The molecule has 0 saturated carbocycles. The highest BCUT2D eigenvalue weighted by Gasteiger charge is 2.32. The molecule has 0 spiro atoms. The first-order valence-corrected chi connectivity index (χ1v) is 8.18. The van der Waals surface area contributed by atoms with Crippen LogP contribution in [0.4, 0.5) is 0 Å². The van der Waals surface area contributed by atoms with Crippen LogP contribution in [0.25, 0.3) is 0 Å². The number of rotatable bonds is 4. The zero-order chi connectivity index (χ0) is 18.0. The predicted molar refractivity (Wildman–Crippen MR) is 92.3 cm³/mol. The van der Waals surface area contributed by atoms with E-state index in [-0.39, 0.29) is 17.5 Å². The van der Waals surface area contributed by atoms with Crippen molar-refractivity contribution < 1.29 is 4.79 Å². The topological polar surface area (TPSA) is 102 Å². The number of aromatic nitrogens is 3. The Labute approximate surface area is 144 Å². The molecule has 132 valence electrons. The molecular weight excluding hydrogens is 322 g/mol. The minimum atomic E-state index is -0.664. The summed E-state index contributed by atoms with van der Waals surface area (Å²) in [5.74, 6) is -0.369. The van der Waals surface area contributed by atoms with Crippen LogP contribution in [0, 0.1) is 0 Å². The molecule has 1 saturated heterocycles. The van der Waals surface area contributed by atoms with Crippen LogP contribution in [0.1, 0.15) is 40.5 Å². The number of carbonyl (C=O) groups excluding carboxylic acids is 1. The third-order valence-electron chi connectivity index (χ3n) is 4.27. The average molecular weight is 343 g/mol. The van der Waals surface area contributed by atoms with E-state index in [9.17, 15) is 14.4 Å². The molecular formula is C17H21N5O3. The summed E-state index contributed by atoms with van der Waals surface area (Å²) in [6.07, 6.45) is 4.63. The Morgan fingerprint density at radius 2 is 2.20 bits per heavy atom. The summed E-state index contributed by atoms with van der Waals surface area (Å²) >= 11 is 0. The van der Waals surface area contributed by atoms with E-state index in [4.69, 9.17) is 0 Å². The summed E-state index contributed by atoms with van der Waals surface area (Å²) in [6.45, 7) is 1.29. The molecule has 2 aromatic heterocycles. The van der Waals surface area contributed by atoms with Gasteiger partial charge in [-0.3, -0.25) is 19.6 Å². The lowest BCUT2D eigenvalue weighted by Crippen LogP contribution is -2.36. The molecule has 1 amide bonds. The Bertz CT molecular complexity index is 886. The molecule has 8 heteroatoms. The van der Waals surface area contributed by atoms with Crippen molar-refractivity contribution in [3.8, 4) is 0 Å². The highest BCUT2D eigenvalue weighted by molar-refractivity contribution is 5.94. The molecule has 1 aliphatic heterocycles. The van der Waals surface area contributed by atoms with Crippen molar-refractivity contribution in [2.75, 3.05) is 20.6 Å². The zero-order valence-corrected chi connectivity index (χ0v) is 14.3. The van der Waals surface area contributed by atoms with Gasteiger partial charge in [0.2, 0.25) is 0 Å². The third-order valence-corrected chi connectivity index (χ3v) is 4.27. The van der Waals surface area contributed by atoms with Gasteiger partial charge in [-0.2, -0.15) is 0 Å². The van der Waals surface area contributed by atoms with Gasteiger partial charge in [0, 0.05) is 25.5 Å². The van der Waals surface area contributed by atoms with E-state index in [1.165, 1.54) is 6.20 Å². The van der Waals surface area contributed by atoms with Crippen molar-refractivity contribution in [1.29, 1.82) is 0 Å². The van der Waals surface area contributed by atoms with Gasteiger partial charge in [-0.25, -0.2) is 4.79 Å². The Kier molecular flexibility index (Phi) is 4.80. The number of nitrogens with zero attached hydrogens (tertiary/aromatic N) is 3. The number of likely N-dealkylation sites (tertiary alicyclic amines) is 1. The van der Waals surface area contributed by atoms with E-state index < -0.39 is 11.2 Å². The van der Waals surface area contributed by atoms with Crippen molar-refractivity contribution >= 4 is 5.91 Å². The minimum Gasteiger partial charge on any atom is -0.331 e. The number of nitrogens with one attached hydrogen (secondary N) is 2. The number of hydrogen-bond donors (Lipinski definition) is 2. The summed E-state index contributed by atoms with van der Waals surface area (Å²) < 4.78 is 0. The summed E-state index contributed by atoms with van der Waals surface area (Å²) in [7, 11) is 3.95. The number of pyridine rings is 1. The summed E-state index contributed by atoms with van der Waals surface area (Å²) in [5.41, 5.74) is 0.612. The first-order chi connectivity index (χ1) is 12.0. The van der Waals surface area contributed by atoms with Crippen LogP contribution in [-0.4, -0.2) is 51.3 Å². The third kappa shape index (κ3) is 3.69. The van der Waals surface area contributed by atoms with Gasteiger partial charge in [0.05, 0.1) is 11.7 Å². The largest absolute Gasteiger partial charge is 0.331 e. The zero-order valence-electron chi connectivity index (χ0n) is 14.3. The smallest absolute Gasteiger partial charge is 0.325 e. The Balaban J connectivity index is 1.89. The van der Waals surface area contributed by atoms with Crippen molar-refractivity contribution in [2.24, 2.45) is 0 Å². The number of aromatic amines is 2. The highest BCUT2D eigenvalue weighted by Crippen LogP contribution is 2.32. The van der Waals surface area contributed by atoms with Gasteiger partial charge in [-0.1, -0.05) is 0 Å². The van der Waals surface area contributed by atoms with Gasteiger partial charge < -0.3 is 14.8 Å². The fourth-order valence-corrected chi connectivity index (χ4v) is 3.19. The fourth-order valence-electron chi connectivity index (χ4n) is 3.19. The Morgan fingerprint density at radius 3 is 2.92 bits per heavy atom. The second kappa shape index (κ2) is 7.02. The van der Waals surface area contributed by atoms with Gasteiger partial charge in [0.1, 0.15) is 5.56 Å². The second-order valence-electron chi connectivity index (χ2n) is 6.46. The van der Waals surface area contributed by atoms with Crippen molar-refractivity contribution in [3.05, 3.63) is 62.2 Å². The molecule has 1 atom stereocenters. The summed E-state index contributed by atoms with van der Waals surface area (Å²) in [6, 6.07) is 3.82. The lowest BCUT2D eigenvalue weighted by atomic mass is 10.0. The first kappa shape index (κ1) is 17.1. The molecule has 8 nitrogen and oxygen atoms in total. The second-order valence-corrected chi connectivity index (χ2v) is 6.46. The van der Waals surface area contributed by atoms with Gasteiger partial charge in [0.25, 0.3) is 11.5 Å². The van der Waals surface area contributed by atoms with E-state index in [1.807, 2.05) is 31.1 Å². The van der Waals surface area contributed by atoms with Crippen molar-refractivity contribution in [1.82, 2.24) is 24.8 Å². The van der Waals surface area contributed by atoms with Crippen molar-refractivity contribution in [2.45, 2.75) is 25.4 Å². The normalized spacial score (nSPS) is 17.2. The summed E-state index contributed by atoms with van der Waals surface area (Å²) in [5, 5.41) is 0. The SMILES string of the molecule is CN(C)Cc1cc([C@H]2CCCN2C(=O)c2c[nH]c(=O)[nH]c2=O)ccn1. The monoisotopic (exact) mass is 343 g/mol.